The monoisotopic (exact) mass is 129 g/mol. The van der Waals surface area contributed by atoms with Gasteiger partial charge in [0.15, 0.2) is 0 Å². The van der Waals surface area contributed by atoms with Crippen LogP contribution in [0.2, 0.25) is 0 Å². The minimum Gasteiger partial charge on any atom is -0.396 e. The van der Waals surface area contributed by atoms with Gasteiger partial charge in [0.1, 0.15) is 0 Å². The largest absolute Gasteiger partial charge is 0.396 e. The molecule has 2 atom stereocenters. The van der Waals surface area contributed by atoms with Crippen LogP contribution in [-0.4, -0.2) is 17.8 Å². The van der Waals surface area contributed by atoms with E-state index in [0.717, 1.165) is 19.3 Å². The quantitative estimate of drug-likeness (QED) is 0.570. The molecule has 1 aliphatic carbocycles. The fourth-order valence-electron chi connectivity index (χ4n) is 1.56. The molecule has 9 heavy (non-hydrogen) atoms. The van der Waals surface area contributed by atoms with E-state index in [2.05, 4.69) is 0 Å². The van der Waals surface area contributed by atoms with Crippen LogP contribution in [0.15, 0.2) is 0 Å². The van der Waals surface area contributed by atoms with Gasteiger partial charge in [-0.3, -0.25) is 0 Å². The predicted octanol–water partition coefficient (Wildman–Crippen LogP) is 0.496. The third-order valence-electron chi connectivity index (χ3n) is 2.12. The van der Waals surface area contributed by atoms with E-state index in [9.17, 15) is 0 Å². The van der Waals surface area contributed by atoms with Gasteiger partial charge >= 0.3 is 0 Å². The summed E-state index contributed by atoms with van der Waals surface area (Å²) in [5.74, 6) is 0.713. The fraction of sp³-hybridized carbons (Fsp3) is 1.00. The maximum Gasteiger partial charge on any atom is 0.0433 e. The van der Waals surface area contributed by atoms with Crippen molar-refractivity contribution in [2.24, 2.45) is 11.7 Å². The third kappa shape index (κ3) is 1.95. The van der Waals surface area contributed by atoms with E-state index < -0.39 is 0 Å². The molecule has 1 rings (SSSR count). The van der Waals surface area contributed by atoms with Crippen LogP contribution in [0.5, 0.6) is 0 Å². The van der Waals surface area contributed by atoms with Gasteiger partial charge in [-0.25, -0.2) is 0 Å². The molecule has 0 bridgehead atoms. The first kappa shape index (κ1) is 7.03. The summed E-state index contributed by atoms with van der Waals surface area (Å²) in [6.45, 7) is 0.331. The zero-order chi connectivity index (χ0) is 6.69. The number of hydrogen-bond acceptors (Lipinski definition) is 2. The van der Waals surface area contributed by atoms with Gasteiger partial charge in [-0.15, -0.1) is 0 Å². The lowest BCUT2D eigenvalue weighted by atomic mass is 10.1. The lowest BCUT2D eigenvalue weighted by molar-refractivity contribution is 0.258. The molecule has 0 aromatic carbocycles. The van der Waals surface area contributed by atoms with Crippen molar-refractivity contribution in [2.75, 3.05) is 6.61 Å². The Morgan fingerprint density at radius 2 is 2.22 bits per heavy atom. The molecule has 0 aromatic rings. The van der Waals surface area contributed by atoms with Crippen molar-refractivity contribution >= 4 is 0 Å². The second kappa shape index (κ2) is 3.18. The second-order valence-electron chi connectivity index (χ2n) is 2.95. The topological polar surface area (TPSA) is 46.2 Å². The molecule has 0 spiro atoms. The van der Waals surface area contributed by atoms with Crippen molar-refractivity contribution < 1.29 is 5.11 Å². The summed E-state index contributed by atoms with van der Waals surface area (Å²) in [5.41, 5.74) is 5.67. The van der Waals surface area contributed by atoms with Gasteiger partial charge in [0.25, 0.3) is 0 Å². The SMILES string of the molecule is NC1CCC(CCO)C1. The van der Waals surface area contributed by atoms with Crippen LogP contribution in [0, 0.1) is 5.92 Å². The summed E-state index contributed by atoms with van der Waals surface area (Å²) in [5, 5.41) is 8.57. The zero-order valence-electron chi connectivity index (χ0n) is 5.71. The van der Waals surface area contributed by atoms with Crippen LogP contribution in [0.25, 0.3) is 0 Å². The Bertz CT molecular complexity index is 83.0. The summed E-state index contributed by atoms with van der Waals surface area (Å²) >= 11 is 0. The van der Waals surface area contributed by atoms with Gasteiger partial charge in [-0.1, -0.05) is 0 Å². The lowest BCUT2D eigenvalue weighted by Crippen LogP contribution is -2.14. The molecular formula is C7H15NO. The Morgan fingerprint density at radius 3 is 2.67 bits per heavy atom. The molecule has 0 aliphatic heterocycles. The van der Waals surface area contributed by atoms with Crippen molar-refractivity contribution in [2.45, 2.75) is 31.7 Å². The third-order valence-corrected chi connectivity index (χ3v) is 2.12. The van der Waals surface area contributed by atoms with Gasteiger partial charge in [0, 0.05) is 12.6 Å². The van der Waals surface area contributed by atoms with Gasteiger partial charge in [0.05, 0.1) is 0 Å². The maximum atomic E-state index is 8.57. The molecule has 2 heteroatoms. The molecule has 54 valence electrons. The van der Waals surface area contributed by atoms with E-state index in [1.807, 2.05) is 0 Å². The Morgan fingerprint density at radius 1 is 1.44 bits per heavy atom. The van der Waals surface area contributed by atoms with Crippen LogP contribution in [0.1, 0.15) is 25.7 Å². The smallest absolute Gasteiger partial charge is 0.0433 e. The van der Waals surface area contributed by atoms with E-state index in [1.165, 1.54) is 6.42 Å². The number of rotatable bonds is 2. The Balaban J connectivity index is 2.14. The van der Waals surface area contributed by atoms with Crippen LogP contribution >= 0.6 is 0 Å². The number of hydrogen-bond donors (Lipinski definition) is 2. The van der Waals surface area contributed by atoms with Gasteiger partial charge in [-0.05, 0) is 31.6 Å². The lowest BCUT2D eigenvalue weighted by Gasteiger charge is -2.04. The molecule has 1 saturated carbocycles. The minimum atomic E-state index is 0.331. The van der Waals surface area contributed by atoms with Crippen molar-refractivity contribution in [3.05, 3.63) is 0 Å². The van der Waals surface area contributed by atoms with Crippen LogP contribution in [0.4, 0.5) is 0 Å². The highest BCUT2D eigenvalue weighted by molar-refractivity contribution is 4.77. The summed E-state index contributed by atoms with van der Waals surface area (Å²) in [6.07, 6.45) is 4.46. The van der Waals surface area contributed by atoms with E-state index in [1.54, 1.807) is 0 Å². The Hall–Kier alpha value is -0.0800. The molecule has 1 fully saturated rings. The van der Waals surface area contributed by atoms with Crippen molar-refractivity contribution in [3.8, 4) is 0 Å². The average Bonchev–Trinajstić information content (AvgIpc) is 2.17. The first-order valence-electron chi connectivity index (χ1n) is 3.69. The normalized spacial score (nSPS) is 35.3. The fourth-order valence-corrected chi connectivity index (χ4v) is 1.56. The van der Waals surface area contributed by atoms with E-state index in [-0.39, 0.29) is 0 Å². The number of aliphatic hydroxyl groups is 1. The zero-order valence-corrected chi connectivity index (χ0v) is 5.71. The maximum absolute atomic E-state index is 8.57. The number of aliphatic hydroxyl groups excluding tert-OH is 1. The first-order chi connectivity index (χ1) is 4.33. The Kier molecular flexibility index (Phi) is 2.49. The summed E-state index contributed by atoms with van der Waals surface area (Å²) < 4.78 is 0. The van der Waals surface area contributed by atoms with E-state index in [0.29, 0.717) is 18.6 Å². The molecule has 0 radical (unpaired) electrons. The predicted molar refractivity (Wildman–Crippen MR) is 37.0 cm³/mol. The van der Waals surface area contributed by atoms with E-state index >= 15 is 0 Å². The Labute approximate surface area is 56.1 Å². The van der Waals surface area contributed by atoms with Crippen molar-refractivity contribution in [1.29, 1.82) is 0 Å². The molecule has 0 saturated heterocycles. The molecule has 3 N–H and O–H groups in total. The van der Waals surface area contributed by atoms with Gasteiger partial charge < -0.3 is 10.8 Å². The minimum absolute atomic E-state index is 0.331. The molecule has 0 heterocycles. The van der Waals surface area contributed by atoms with Gasteiger partial charge in [0.2, 0.25) is 0 Å². The molecular weight excluding hydrogens is 114 g/mol. The summed E-state index contributed by atoms with van der Waals surface area (Å²) in [7, 11) is 0. The average molecular weight is 129 g/mol. The molecule has 0 aromatic heterocycles. The highest BCUT2D eigenvalue weighted by Crippen LogP contribution is 2.26. The number of nitrogens with two attached hydrogens (primary N) is 1. The van der Waals surface area contributed by atoms with Gasteiger partial charge in [-0.2, -0.15) is 0 Å². The second-order valence-corrected chi connectivity index (χ2v) is 2.95. The standard InChI is InChI=1S/C7H15NO/c8-7-2-1-6(5-7)3-4-9/h6-7,9H,1-5,8H2. The molecule has 0 amide bonds. The van der Waals surface area contributed by atoms with Crippen LogP contribution < -0.4 is 5.73 Å². The summed E-state index contributed by atoms with van der Waals surface area (Å²) in [6, 6.07) is 0.418. The summed E-state index contributed by atoms with van der Waals surface area (Å²) in [4.78, 5) is 0. The molecule has 2 nitrogen and oxygen atoms in total. The van der Waals surface area contributed by atoms with Crippen LogP contribution in [0.3, 0.4) is 0 Å². The van der Waals surface area contributed by atoms with Crippen LogP contribution in [-0.2, 0) is 0 Å². The molecule has 2 unspecified atom stereocenters. The van der Waals surface area contributed by atoms with Crippen molar-refractivity contribution in [1.82, 2.24) is 0 Å². The molecule has 1 aliphatic rings. The highest BCUT2D eigenvalue weighted by atomic mass is 16.3. The first-order valence-corrected chi connectivity index (χ1v) is 3.69. The highest BCUT2D eigenvalue weighted by Gasteiger charge is 2.20. The van der Waals surface area contributed by atoms with Crippen molar-refractivity contribution in [3.63, 3.8) is 0 Å². The van der Waals surface area contributed by atoms with E-state index in [4.69, 9.17) is 10.8 Å².